The molecule has 110 valence electrons. The Morgan fingerprint density at radius 2 is 2.14 bits per heavy atom. The standard InChI is InChI=1S/C11H9ClFN5O2S/c1-17-15-11(14-16-17)6-18-5-10(21(12,19)20)8-4-7(13)2-3-9(8)18/h2-5H,6H2,1H3. The third-order valence-corrected chi connectivity index (χ3v) is 4.28. The number of tetrazole rings is 1. The topological polar surface area (TPSA) is 82.7 Å². The van der Waals surface area contributed by atoms with Crippen molar-refractivity contribution in [2.75, 3.05) is 0 Å². The van der Waals surface area contributed by atoms with Crippen LogP contribution in [0, 0.1) is 5.82 Å². The molecular weight excluding hydrogens is 321 g/mol. The Labute approximate surface area is 123 Å². The van der Waals surface area contributed by atoms with Crippen LogP contribution in [-0.2, 0) is 22.6 Å². The van der Waals surface area contributed by atoms with Crippen LogP contribution in [0.3, 0.4) is 0 Å². The van der Waals surface area contributed by atoms with E-state index in [9.17, 15) is 12.8 Å². The summed E-state index contributed by atoms with van der Waals surface area (Å²) in [5.41, 5.74) is 0.517. The molecule has 10 heteroatoms. The molecule has 0 N–H and O–H groups in total. The molecule has 0 radical (unpaired) electrons. The molecule has 0 spiro atoms. The van der Waals surface area contributed by atoms with Crippen LogP contribution in [0.4, 0.5) is 4.39 Å². The largest absolute Gasteiger partial charge is 0.338 e. The van der Waals surface area contributed by atoms with Gasteiger partial charge < -0.3 is 4.57 Å². The highest BCUT2D eigenvalue weighted by atomic mass is 35.7. The van der Waals surface area contributed by atoms with Gasteiger partial charge in [0.25, 0.3) is 9.05 Å². The zero-order valence-corrected chi connectivity index (χ0v) is 12.3. The third-order valence-electron chi connectivity index (χ3n) is 2.93. The Hall–Kier alpha value is -2.00. The van der Waals surface area contributed by atoms with Crippen molar-refractivity contribution >= 4 is 30.6 Å². The van der Waals surface area contributed by atoms with Crippen molar-refractivity contribution in [2.45, 2.75) is 11.4 Å². The van der Waals surface area contributed by atoms with Gasteiger partial charge in [0.1, 0.15) is 10.7 Å². The van der Waals surface area contributed by atoms with E-state index in [0.717, 1.165) is 6.07 Å². The van der Waals surface area contributed by atoms with Crippen molar-refractivity contribution in [3.8, 4) is 0 Å². The molecule has 3 rings (SSSR count). The van der Waals surface area contributed by atoms with Crippen molar-refractivity contribution in [3.05, 3.63) is 36.0 Å². The maximum absolute atomic E-state index is 13.4. The molecule has 2 aromatic heterocycles. The first kappa shape index (κ1) is 14.0. The maximum atomic E-state index is 13.4. The number of benzene rings is 1. The average Bonchev–Trinajstić information content (AvgIpc) is 2.93. The van der Waals surface area contributed by atoms with Crippen molar-refractivity contribution in [1.29, 1.82) is 0 Å². The first-order valence-electron chi connectivity index (χ1n) is 5.80. The van der Waals surface area contributed by atoms with Gasteiger partial charge in [-0.1, -0.05) is 0 Å². The zero-order chi connectivity index (χ0) is 15.2. The third kappa shape index (κ3) is 2.61. The number of halogens is 2. The van der Waals surface area contributed by atoms with Crippen LogP contribution < -0.4 is 0 Å². The van der Waals surface area contributed by atoms with E-state index < -0.39 is 14.9 Å². The van der Waals surface area contributed by atoms with Gasteiger partial charge in [0.05, 0.1) is 19.1 Å². The zero-order valence-electron chi connectivity index (χ0n) is 10.7. The summed E-state index contributed by atoms with van der Waals surface area (Å²) in [7, 11) is 3.03. The van der Waals surface area contributed by atoms with Crippen LogP contribution >= 0.6 is 10.7 Å². The lowest BCUT2D eigenvalue weighted by molar-refractivity contribution is 0.609. The number of hydrogen-bond acceptors (Lipinski definition) is 5. The van der Waals surface area contributed by atoms with Gasteiger partial charge >= 0.3 is 0 Å². The molecule has 0 saturated heterocycles. The molecular formula is C11H9ClFN5O2S. The van der Waals surface area contributed by atoms with Gasteiger partial charge in [-0.25, -0.2) is 12.8 Å². The maximum Gasteiger partial charge on any atom is 0.263 e. The normalized spacial score (nSPS) is 12.1. The van der Waals surface area contributed by atoms with Crippen LogP contribution in [0.1, 0.15) is 5.82 Å². The van der Waals surface area contributed by atoms with Gasteiger partial charge in [-0.3, -0.25) is 0 Å². The molecule has 0 aliphatic carbocycles. The minimum atomic E-state index is -3.99. The summed E-state index contributed by atoms with van der Waals surface area (Å²) in [6, 6.07) is 3.85. The number of fused-ring (bicyclic) bond motifs is 1. The highest BCUT2D eigenvalue weighted by Crippen LogP contribution is 2.29. The molecule has 7 nitrogen and oxygen atoms in total. The molecule has 1 aromatic carbocycles. The Kier molecular flexibility index (Phi) is 3.18. The fourth-order valence-corrected chi connectivity index (χ4v) is 3.15. The second-order valence-electron chi connectivity index (χ2n) is 4.42. The minimum Gasteiger partial charge on any atom is -0.338 e. The molecule has 0 amide bonds. The number of nitrogens with zero attached hydrogens (tertiary/aromatic N) is 5. The fourth-order valence-electron chi connectivity index (χ4n) is 2.10. The molecule has 21 heavy (non-hydrogen) atoms. The van der Waals surface area contributed by atoms with Crippen LogP contribution in [0.5, 0.6) is 0 Å². The minimum absolute atomic E-state index is 0.150. The smallest absolute Gasteiger partial charge is 0.263 e. The van der Waals surface area contributed by atoms with E-state index in [4.69, 9.17) is 10.7 Å². The molecule has 0 unspecified atom stereocenters. The molecule has 3 aromatic rings. The number of rotatable bonds is 3. The summed E-state index contributed by atoms with van der Waals surface area (Å²) in [5.74, 6) is -0.142. The van der Waals surface area contributed by atoms with E-state index in [0.29, 0.717) is 11.3 Å². The predicted octanol–water partition coefficient (Wildman–Crippen LogP) is 1.28. The molecule has 2 heterocycles. The molecule has 0 fully saturated rings. The van der Waals surface area contributed by atoms with Crippen molar-refractivity contribution in [1.82, 2.24) is 24.8 Å². The first-order valence-corrected chi connectivity index (χ1v) is 8.11. The highest BCUT2D eigenvalue weighted by molar-refractivity contribution is 8.14. The van der Waals surface area contributed by atoms with E-state index in [1.165, 1.54) is 23.1 Å². The predicted molar refractivity (Wildman–Crippen MR) is 72.8 cm³/mol. The van der Waals surface area contributed by atoms with Gasteiger partial charge in [-0.15, -0.1) is 10.2 Å². The summed E-state index contributed by atoms with van der Waals surface area (Å²) < 4.78 is 38.2. The van der Waals surface area contributed by atoms with Gasteiger partial charge in [0, 0.05) is 22.3 Å². The van der Waals surface area contributed by atoms with E-state index in [1.807, 2.05) is 0 Å². The quantitative estimate of drug-likeness (QED) is 0.676. The fraction of sp³-hybridized carbons (Fsp3) is 0.182. The summed E-state index contributed by atoms with van der Waals surface area (Å²) in [6.45, 7) is 0.197. The Balaban J connectivity index is 2.19. The monoisotopic (exact) mass is 329 g/mol. The number of hydrogen-bond donors (Lipinski definition) is 0. The van der Waals surface area contributed by atoms with Crippen LogP contribution in [0.2, 0.25) is 0 Å². The second kappa shape index (κ2) is 4.78. The highest BCUT2D eigenvalue weighted by Gasteiger charge is 2.20. The Morgan fingerprint density at radius 3 is 2.76 bits per heavy atom. The molecule has 0 atom stereocenters. The molecule has 0 saturated carbocycles. The van der Waals surface area contributed by atoms with Crippen LogP contribution in [0.25, 0.3) is 10.9 Å². The van der Waals surface area contributed by atoms with Gasteiger partial charge in [-0.05, 0) is 23.4 Å². The lowest BCUT2D eigenvalue weighted by Crippen LogP contribution is -2.01. The summed E-state index contributed by atoms with van der Waals surface area (Å²) in [6.07, 6.45) is 1.34. The first-order chi connectivity index (χ1) is 9.84. The average molecular weight is 330 g/mol. The van der Waals surface area contributed by atoms with Crippen molar-refractivity contribution in [2.24, 2.45) is 7.05 Å². The van der Waals surface area contributed by atoms with Crippen molar-refractivity contribution < 1.29 is 12.8 Å². The molecule has 0 aliphatic heterocycles. The van der Waals surface area contributed by atoms with Gasteiger partial charge in [0.15, 0.2) is 5.82 Å². The summed E-state index contributed by atoms with van der Waals surface area (Å²) >= 11 is 0. The summed E-state index contributed by atoms with van der Waals surface area (Å²) in [5, 5.41) is 11.8. The van der Waals surface area contributed by atoms with Gasteiger partial charge in [0.2, 0.25) is 0 Å². The van der Waals surface area contributed by atoms with E-state index in [1.54, 1.807) is 11.6 Å². The van der Waals surface area contributed by atoms with Crippen LogP contribution in [-0.4, -0.2) is 33.2 Å². The second-order valence-corrected chi connectivity index (χ2v) is 6.95. The van der Waals surface area contributed by atoms with E-state index in [2.05, 4.69) is 15.4 Å². The SMILES string of the molecule is Cn1nnc(Cn2cc(S(=O)(=O)Cl)c3cc(F)ccc32)n1. The Bertz CT molecular complexity index is 933. The van der Waals surface area contributed by atoms with E-state index >= 15 is 0 Å². The lowest BCUT2D eigenvalue weighted by atomic mass is 10.2. The molecule has 0 bridgehead atoms. The van der Waals surface area contributed by atoms with E-state index in [-0.39, 0.29) is 16.8 Å². The van der Waals surface area contributed by atoms with Gasteiger partial charge in [-0.2, -0.15) is 4.80 Å². The van der Waals surface area contributed by atoms with Crippen LogP contribution in [0.15, 0.2) is 29.3 Å². The number of aromatic nitrogens is 5. The molecule has 0 aliphatic rings. The lowest BCUT2D eigenvalue weighted by Gasteiger charge is -2.00. The number of aryl methyl sites for hydroxylation is 1. The van der Waals surface area contributed by atoms with Crippen molar-refractivity contribution in [3.63, 3.8) is 0 Å². The Morgan fingerprint density at radius 1 is 1.38 bits per heavy atom. The summed E-state index contributed by atoms with van der Waals surface area (Å²) in [4.78, 5) is 1.14.